The summed E-state index contributed by atoms with van der Waals surface area (Å²) in [5, 5.41) is 25.4. The van der Waals surface area contributed by atoms with Crippen molar-refractivity contribution < 1.29 is 0 Å². The van der Waals surface area contributed by atoms with E-state index in [-0.39, 0.29) is 0 Å². The van der Waals surface area contributed by atoms with Gasteiger partial charge in [0.1, 0.15) is 0 Å². The molecule has 1 atom stereocenters. The van der Waals surface area contributed by atoms with E-state index in [0.717, 1.165) is 6.42 Å². The zero-order chi connectivity index (χ0) is 11.2. The maximum Gasteiger partial charge on any atom is 0.164 e. The van der Waals surface area contributed by atoms with E-state index in [2.05, 4.69) is 16.3 Å². The van der Waals surface area contributed by atoms with Crippen LogP contribution in [0.1, 0.15) is 40.5 Å². The lowest BCUT2D eigenvalue weighted by atomic mass is 10.00. The zero-order valence-electron chi connectivity index (χ0n) is 9.20. The average Bonchev–Trinajstić information content (AvgIpc) is 2.16. The molecule has 4 nitrogen and oxygen atoms in total. The van der Waals surface area contributed by atoms with Gasteiger partial charge in [-0.2, -0.15) is 20.8 Å². The number of nitriles is 2. The predicted molar refractivity (Wildman–Crippen MR) is 53.5 cm³/mol. The second-order valence-corrected chi connectivity index (χ2v) is 4.01. The van der Waals surface area contributed by atoms with Crippen LogP contribution in [0.2, 0.25) is 0 Å². The van der Waals surface area contributed by atoms with Crippen LogP contribution < -0.4 is 0 Å². The highest BCUT2D eigenvalue weighted by molar-refractivity contribution is 5.05. The number of nitrogens with zero attached hydrogens (tertiary/aromatic N) is 4. The molecule has 0 radical (unpaired) electrons. The third-order valence-corrected chi connectivity index (χ3v) is 1.77. The molecule has 0 amide bonds. The lowest BCUT2D eigenvalue weighted by Gasteiger charge is -2.15. The van der Waals surface area contributed by atoms with Crippen molar-refractivity contribution in [3.63, 3.8) is 0 Å². The van der Waals surface area contributed by atoms with Crippen LogP contribution in [0.25, 0.3) is 0 Å². The standard InChI is InChI=1S/C10H16N4/c1-5-6-10(4,8-12)14-13-9(2,3)7-11/h5-6H2,1-4H3. The van der Waals surface area contributed by atoms with Gasteiger partial charge in [0.05, 0.1) is 12.1 Å². The van der Waals surface area contributed by atoms with Crippen molar-refractivity contribution in [1.29, 1.82) is 10.5 Å². The molecule has 4 heteroatoms. The summed E-state index contributed by atoms with van der Waals surface area (Å²) in [4.78, 5) is 0. The topological polar surface area (TPSA) is 72.3 Å². The SMILES string of the molecule is CCCC(C)(C#N)N=NC(C)(C)C#N. The smallest absolute Gasteiger partial charge is 0.164 e. The molecular weight excluding hydrogens is 176 g/mol. The third-order valence-electron chi connectivity index (χ3n) is 1.77. The fourth-order valence-corrected chi connectivity index (χ4v) is 0.873. The summed E-state index contributed by atoms with van der Waals surface area (Å²) in [5.74, 6) is 0. The van der Waals surface area contributed by atoms with E-state index in [4.69, 9.17) is 10.5 Å². The normalized spacial score (nSPS) is 15.9. The quantitative estimate of drug-likeness (QED) is 0.642. The van der Waals surface area contributed by atoms with Gasteiger partial charge < -0.3 is 0 Å². The van der Waals surface area contributed by atoms with Crippen LogP contribution in [-0.2, 0) is 0 Å². The van der Waals surface area contributed by atoms with E-state index in [1.807, 2.05) is 13.0 Å². The van der Waals surface area contributed by atoms with E-state index in [0.29, 0.717) is 6.42 Å². The summed E-state index contributed by atoms with van der Waals surface area (Å²) < 4.78 is 0. The third kappa shape index (κ3) is 4.00. The summed E-state index contributed by atoms with van der Waals surface area (Å²) in [6.45, 7) is 7.05. The van der Waals surface area contributed by atoms with E-state index in [1.54, 1.807) is 20.8 Å². The highest BCUT2D eigenvalue weighted by Gasteiger charge is 2.24. The minimum Gasteiger partial charge on any atom is -0.196 e. The van der Waals surface area contributed by atoms with Crippen LogP contribution >= 0.6 is 0 Å². The van der Waals surface area contributed by atoms with Crippen molar-refractivity contribution in [2.75, 3.05) is 0 Å². The van der Waals surface area contributed by atoms with Crippen molar-refractivity contribution in [2.45, 2.75) is 51.6 Å². The van der Waals surface area contributed by atoms with Crippen LogP contribution in [0.5, 0.6) is 0 Å². The maximum absolute atomic E-state index is 8.90. The number of rotatable bonds is 4. The van der Waals surface area contributed by atoms with Crippen molar-refractivity contribution in [3.8, 4) is 12.1 Å². The molecule has 0 bridgehead atoms. The fraction of sp³-hybridized carbons (Fsp3) is 0.800. The molecule has 0 N–H and O–H groups in total. The van der Waals surface area contributed by atoms with Gasteiger partial charge in [0, 0.05) is 0 Å². The highest BCUT2D eigenvalue weighted by atomic mass is 15.2. The first-order valence-electron chi connectivity index (χ1n) is 4.66. The molecule has 0 heterocycles. The molecule has 0 saturated carbocycles. The zero-order valence-corrected chi connectivity index (χ0v) is 9.20. The summed E-state index contributed by atoms with van der Waals surface area (Å²) in [6.07, 6.45) is 1.53. The molecule has 76 valence electrons. The minimum absolute atomic E-state index is 0.661. The van der Waals surface area contributed by atoms with Gasteiger partial charge in [-0.15, -0.1) is 0 Å². The van der Waals surface area contributed by atoms with Gasteiger partial charge in [-0.25, -0.2) is 0 Å². The molecule has 0 aliphatic carbocycles. The molecule has 14 heavy (non-hydrogen) atoms. The fourth-order valence-electron chi connectivity index (χ4n) is 0.873. The highest BCUT2D eigenvalue weighted by Crippen LogP contribution is 2.19. The largest absolute Gasteiger partial charge is 0.196 e. The van der Waals surface area contributed by atoms with Gasteiger partial charge >= 0.3 is 0 Å². The van der Waals surface area contributed by atoms with E-state index in [9.17, 15) is 0 Å². The second kappa shape index (κ2) is 4.72. The van der Waals surface area contributed by atoms with Crippen molar-refractivity contribution in [2.24, 2.45) is 10.2 Å². The first-order chi connectivity index (χ1) is 6.39. The Labute approximate surface area is 85.3 Å². The predicted octanol–water partition coefficient (Wildman–Crippen LogP) is 2.82. The van der Waals surface area contributed by atoms with E-state index >= 15 is 0 Å². The van der Waals surface area contributed by atoms with Crippen LogP contribution in [0.3, 0.4) is 0 Å². The molecule has 0 aliphatic rings. The van der Waals surface area contributed by atoms with Gasteiger partial charge in [-0.05, 0) is 27.2 Å². The Hall–Kier alpha value is -1.42. The summed E-state index contributed by atoms with van der Waals surface area (Å²) in [5.41, 5.74) is -1.63. The Kier molecular flexibility index (Phi) is 4.24. The van der Waals surface area contributed by atoms with Gasteiger partial charge in [-0.1, -0.05) is 13.3 Å². The summed E-state index contributed by atoms with van der Waals surface area (Å²) >= 11 is 0. The Bertz CT molecular complexity index is 292. The minimum atomic E-state index is -0.841. The van der Waals surface area contributed by atoms with Crippen LogP contribution in [0, 0.1) is 22.7 Å². The number of hydrogen-bond acceptors (Lipinski definition) is 4. The Morgan fingerprint density at radius 1 is 1.07 bits per heavy atom. The monoisotopic (exact) mass is 192 g/mol. The second-order valence-electron chi connectivity index (χ2n) is 4.01. The van der Waals surface area contributed by atoms with Crippen LogP contribution in [0.15, 0.2) is 10.2 Å². The maximum atomic E-state index is 8.90. The van der Waals surface area contributed by atoms with E-state index in [1.165, 1.54) is 0 Å². The van der Waals surface area contributed by atoms with Gasteiger partial charge in [0.2, 0.25) is 0 Å². The molecule has 0 saturated heterocycles. The average molecular weight is 192 g/mol. The lowest BCUT2D eigenvalue weighted by molar-refractivity contribution is 0.477. The van der Waals surface area contributed by atoms with Gasteiger partial charge in [-0.3, -0.25) is 0 Å². The molecule has 0 aromatic heterocycles. The summed E-state index contributed by atoms with van der Waals surface area (Å²) in [7, 11) is 0. The first kappa shape index (κ1) is 12.6. The van der Waals surface area contributed by atoms with Crippen LogP contribution in [-0.4, -0.2) is 11.1 Å². The van der Waals surface area contributed by atoms with Crippen LogP contribution in [0.4, 0.5) is 0 Å². The molecule has 0 aliphatic heterocycles. The van der Waals surface area contributed by atoms with Crippen molar-refractivity contribution in [1.82, 2.24) is 0 Å². The number of hydrogen-bond donors (Lipinski definition) is 0. The first-order valence-corrected chi connectivity index (χ1v) is 4.66. The van der Waals surface area contributed by atoms with Crippen molar-refractivity contribution >= 4 is 0 Å². The Morgan fingerprint density at radius 3 is 2.00 bits per heavy atom. The van der Waals surface area contributed by atoms with Gasteiger partial charge in [0.25, 0.3) is 0 Å². The van der Waals surface area contributed by atoms with Crippen molar-refractivity contribution in [3.05, 3.63) is 0 Å². The van der Waals surface area contributed by atoms with E-state index < -0.39 is 11.1 Å². The molecule has 1 unspecified atom stereocenters. The Morgan fingerprint density at radius 2 is 1.64 bits per heavy atom. The molecule has 0 aromatic carbocycles. The Balaban J connectivity index is 4.65. The summed E-state index contributed by atoms with van der Waals surface area (Å²) in [6, 6.07) is 4.12. The molecule has 0 fully saturated rings. The molecule has 0 aromatic rings. The lowest BCUT2D eigenvalue weighted by Crippen LogP contribution is -2.21. The molecular formula is C10H16N4. The molecule has 0 spiro atoms. The number of azo groups is 1. The van der Waals surface area contributed by atoms with Gasteiger partial charge in [0.15, 0.2) is 11.1 Å². The molecule has 0 rings (SSSR count).